The molecule has 0 heterocycles. The van der Waals surface area contributed by atoms with Crippen molar-refractivity contribution in [3.8, 4) is 0 Å². The first-order valence-electron chi connectivity index (χ1n) is 3.25. The van der Waals surface area contributed by atoms with Gasteiger partial charge in [-0.3, -0.25) is 4.79 Å². The fraction of sp³-hybridized carbons (Fsp3) is 0.833. The summed E-state index contributed by atoms with van der Waals surface area (Å²) >= 11 is 0. The Bertz CT molecular complexity index is 95.0. The van der Waals surface area contributed by atoms with Crippen molar-refractivity contribution in [2.45, 2.75) is 25.3 Å². The Morgan fingerprint density at radius 3 is 2.80 bits per heavy atom. The molecule has 4 heteroatoms. The molecule has 0 aliphatic carbocycles. The van der Waals surface area contributed by atoms with Gasteiger partial charge in [-0.25, -0.2) is 0 Å². The quantitative estimate of drug-likeness (QED) is 0.359. The molecule has 1 N–H and O–H groups in total. The van der Waals surface area contributed by atoms with Crippen LogP contribution >= 0.6 is 0 Å². The van der Waals surface area contributed by atoms with Crippen LogP contribution in [0, 0.1) is 0 Å². The number of methoxy groups -OCH3 is 1. The van der Waals surface area contributed by atoms with E-state index in [1.807, 2.05) is 0 Å². The zero-order valence-corrected chi connectivity index (χ0v) is 7.09. The Morgan fingerprint density at radius 2 is 2.30 bits per heavy atom. The van der Waals surface area contributed by atoms with Gasteiger partial charge in [0.05, 0.1) is 7.11 Å². The fourth-order valence-corrected chi connectivity index (χ4v) is 0.984. The van der Waals surface area contributed by atoms with Crippen LogP contribution in [0.3, 0.4) is 0 Å². The predicted molar refractivity (Wildman–Crippen MR) is 38.6 cm³/mol. The van der Waals surface area contributed by atoms with Crippen LogP contribution in [0.15, 0.2) is 0 Å². The molecule has 0 rings (SSSR count). The number of unbranched alkanes of at least 4 members (excludes halogenated alkanes) is 1. The highest BCUT2D eigenvalue weighted by Gasteiger charge is 1.98. The second-order valence-electron chi connectivity index (χ2n) is 1.94. The summed E-state index contributed by atoms with van der Waals surface area (Å²) in [6.45, 7) is 0. The Morgan fingerprint density at radius 1 is 1.60 bits per heavy atom. The van der Waals surface area contributed by atoms with Gasteiger partial charge >= 0.3 is 5.97 Å². The molecule has 0 saturated heterocycles. The maximum Gasteiger partial charge on any atom is 0.305 e. The minimum Gasteiger partial charge on any atom is -0.469 e. The molecule has 0 aliphatic heterocycles. The Balaban J connectivity index is 2.96. The van der Waals surface area contributed by atoms with Crippen LogP contribution in [0.2, 0.25) is 6.04 Å². The average molecular weight is 160 g/mol. The lowest BCUT2D eigenvalue weighted by Crippen LogP contribution is -1.99. The Hall–Kier alpha value is -0.353. The van der Waals surface area contributed by atoms with Crippen molar-refractivity contribution in [2.24, 2.45) is 0 Å². The molecule has 0 saturated carbocycles. The third kappa shape index (κ3) is 5.78. The Labute approximate surface area is 63.3 Å². The average Bonchev–Trinajstić information content (AvgIpc) is 1.98. The highest BCUT2D eigenvalue weighted by atomic mass is 28.2. The van der Waals surface area contributed by atoms with E-state index in [4.69, 9.17) is 4.80 Å². The van der Waals surface area contributed by atoms with E-state index in [1.165, 1.54) is 7.11 Å². The van der Waals surface area contributed by atoms with Crippen molar-refractivity contribution in [3.05, 3.63) is 0 Å². The molecular formula is C6H12O3Si. The normalized spacial score (nSPS) is 9.40. The second kappa shape index (κ2) is 6.76. The van der Waals surface area contributed by atoms with Gasteiger partial charge in [0.2, 0.25) is 9.76 Å². The summed E-state index contributed by atoms with van der Waals surface area (Å²) in [5.74, 6) is -0.165. The molecule has 0 atom stereocenters. The number of esters is 1. The van der Waals surface area contributed by atoms with Gasteiger partial charge in [-0.1, -0.05) is 6.42 Å². The van der Waals surface area contributed by atoms with Crippen molar-refractivity contribution in [1.82, 2.24) is 0 Å². The number of hydrogen-bond donors (Lipinski definition) is 1. The molecule has 0 aromatic rings. The van der Waals surface area contributed by atoms with Gasteiger partial charge in [0.1, 0.15) is 0 Å². The minimum atomic E-state index is -0.165. The maximum absolute atomic E-state index is 10.5. The number of ether oxygens (including phenoxy) is 1. The van der Waals surface area contributed by atoms with Crippen molar-refractivity contribution in [3.63, 3.8) is 0 Å². The number of hydrogen-bond acceptors (Lipinski definition) is 3. The van der Waals surface area contributed by atoms with Gasteiger partial charge in [-0.15, -0.1) is 0 Å². The first kappa shape index (κ1) is 9.65. The molecule has 0 bridgehead atoms. The number of carbonyl (C=O) groups excluding carboxylic acids is 1. The molecule has 58 valence electrons. The standard InChI is InChI=1S/C6H12O3Si/c1-9-6(7)4-2-3-5-10-8/h8H,2-5H2,1H3. The Kier molecular flexibility index (Phi) is 6.52. The minimum absolute atomic E-state index is 0.00974. The summed E-state index contributed by atoms with van der Waals surface area (Å²) in [6, 6.07) is 0.803. The highest BCUT2D eigenvalue weighted by molar-refractivity contribution is 6.25. The van der Waals surface area contributed by atoms with Gasteiger partial charge in [-0.2, -0.15) is 0 Å². The van der Waals surface area contributed by atoms with E-state index in [1.54, 1.807) is 0 Å². The van der Waals surface area contributed by atoms with E-state index in [2.05, 4.69) is 4.74 Å². The smallest absolute Gasteiger partial charge is 0.305 e. The van der Waals surface area contributed by atoms with Crippen LogP contribution in [-0.4, -0.2) is 27.6 Å². The lowest BCUT2D eigenvalue weighted by molar-refractivity contribution is -0.140. The third-order valence-corrected chi connectivity index (χ3v) is 1.72. The molecule has 10 heavy (non-hydrogen) atoms. The molecule has 0 unspecified atom stereocenters. The van der Waals surface area contributed by atoms with Crippen LogP contribution in [0.25, 0.3) is 0 Å². The van der Waals surface area contributed by atoms with Gasteiger partial charge in [-0.05, 0) is 12.5 Å². The van der Waals surface area contributed by atoms with Crippen LogP contribution in [0.4, 0.5) is 0 Å². The summed E-state index contributed by atoms with van der Waals surface area (Å²) in [5, 5.41) is 0. The SMILES string of the molecule is COC(=O)CCCC[Si]O. The molecule has 0 aromatic carbocycles. The van der Waals surface area contributed by atoms with E-state index >= 15 is 0 Å². The van der Waals surface area contributed by atoms with Gasteiger partial charge in [0, 0.05) is 6.42 Å². The van der Waals surface area contributed by atoms with E-state index in [0.717, 1.165) is 18.9 Å². The molecule has 0 aliphatic rings. The van der Waals surface area contributed by atoms with Crippen molar-refractivity contribution in [2.75, 3.05) is 7.11 Å². The number of rotatable bonds is 5. The number of carbonyl (C=O) groups is 1. The van der Waals surface area contributed by atoms with E-state index in [-0.39, 0.29) is 15.7 Å². The fourth-order valence-electron chi connectivity index (χ4n) is 0.575. The highest BCUT2D eigenvalue weighted by Crippen LogP contribution is 1.99. The molecule has 0 aromatic heterocycles. The lowest BCUT2D eigenvalue weighted by atomic mass is 10.2. The van der Waals surface area contributed by atoms with Crippen molar-refractivity contribution >= 4 is 15.7 Å². The topological polar surface area (TPSA) is 46.5 Å². The van der Waals surface area contributed by atoms with Crippen LogP contribution in [-0.2, 0) is 9.53 Å². The van der Waals surface area contributed by atoms with Crippen LogP contribution in [0.5, 0.6) is 0 Å². The molecular weight excluding hydrogens is 148 g/mol. The van der Waals surface area contributed by atoms with Gasteiger partial charge in [0.15, 0.2) is 0 Å². The largest absolute Gasteiger partial charge is 0.469 e. The molecule has 2 radical (unpaired) electrons. The summed E-state index contributed by atoms with van der Waals surface area (Å²) in [5.41, 5.74) is 0. The summed E-state index contributed by atoms with van der Waals surface area (Å²) in [7, 11) is 1.39. The molecule has 0 fully saturated rings. The zero-order valence-electron chi connectivity index (χ0n) is 6.09. The first-order valence-corrected chi connectivity index (χ1v) is 4.40. The van der Waals surface area contributed by atoms with Gasteiger partial charge in [0.25, 0.3) is 0 Å². The third-order valence-electron chi connectivity index (χ3n) is 1.15. The summed E-state index contributed by atoms with van der Waals surface area (Å²) in [4.78, 5) is 18.9. The monoisotopic (exact) mass is 160 g/mol. The van der Waals surface area contributed by atoms with Crippen molar-refractivity contribution in [1.29, 1.82) is 0 Å². The summed E-state index contributed by atoms with van der Waals surface area (Å²) in [6.07, 6.45) is 2.20. The van der Waals surface area contributed by atoms with E-state index in [9.17, 15) is 4.79 Å². The van der Waals surface area contributed by atoms with Crippen molar-refractivity contribution < 1.29 is 14.3 Å². The maximum atomic E-state index is 10.5. The second-order valence-corrected chi connectivity index (χ2v) is 2.76. The molecule has 0 amide bonds. The molecule has 3 nitrogen and oxygen atoms in total. The first-order chi connectivity index (χ1) is 4.81. The van der Waals surface area contributed by atoms with Crippen LogP contribution < -0.4 is 0 Å². The lowest BCUT2D eigenvalue weighted by Gasteiger charge is -1.96. The predicted octanol–water partition coefficient (Wildman–Crippen LogP) is 0.359. The molecule has 0 spiro atoms. The van der Waals surface area contributed by atoms with Crippen LogP contribution in [0.1, 0.15) is 19.3 Å². The zero-order chi connectivity index (χ0) is 7.82. The van der Waals surface area contributed by atoms with E-state index < -0.39 is 0 Å². The summed E-state index contributed by atoms with van der Waals surface area (Å²) < 4.78 is 4.43. The van der Waals surface area contributed by atoms with E-state index in [0.29, 0.717) is 6.42 Å². The van der Waals surface area contributed by atoms with Gasteiger partial charge < -0.3 is 9.53 Å².